The van der Waals surface area contributed by atoms with Gasteiger partial charge in [-0.2, -0.15) is 0 Å². The highest BCUT2D eigenvalue weighted by Crippen LogP contribution is 2.29. The molecule has 0 bridgehead atoms. The van der Waals surface area contributed by atoms with Gasteiger partial charge in [0, 0.05) is 33.8 Å². The van der Waals surface area contributed by atoms with Crippen molar-refractivity contribution in [3.8, 4) is 0 Å². The van der Waals surface area contributed by atoms with Crippen molar-refractivity contribution in [3.05, 3.63) is 39.9 Å². The average molecular weight is 496 g/mol. The van der Waals surface area contributed by atoms with Crippen LogP contribution in [0, 0.1) is 10.1 Å². The molecular formula is C21H24N2O12. The van der Waals surface area contributed by atoms with Crippen molar-refractivity contribution in [1.29, 1.82) is 0 Å². The van der Waals surface area contributed by atoms with Gasteiger partial charge in [-0.15, -0.1) is 0 Å². The van der Waals surface area contributed by atoms with Crippen molar-refractivity contribution >= 4 is 35.5 Å². The Hall–Kier alpha value is -4.07. The number of nitrogens with zero attached hydrogens (tertiary/aromatic N) is 1. The number of nitro benzene ring substituents is 1. The summed E-state index contributed by atoms with van der Waals surface area (Å²) in [5.41, 5.74) is -0.856. The van der Waals surface area contributed by atoms with Crippen molar-refractivity contribution < 1.29 is 52.6 Å². The molecule has 1 aliphatic heterocycles. The second-order valence-electron chi connectivity index (χ2n) is 7.38. The number of nitrogens with one attached hydrogen (secondary N) is 1. The fourth-order valence-corrected chi connectivity index (χ4v) is 3.37. The summed E-state index contributed by atoms with van der Waals surface area (Å²) in [6.07, 6.45) is -5.80. The zero-order valence-electron chi connectivity index (χ0n) is 19.2. The van der Waals surface area contributed by atoms with Crippen molar-refractivity contribution in [3.63, 3.8) is 0 Å². The largest absolute Gasteiger partial charge is 0.463 e. The summed E-state index contributed by atoms with van der Waals surface area (Å²) >= 11 is 0. The first-order chi connectivity index (χ1) is 16.4. The summed E-state index contributed by atoms with van der Waals surface area (Å²) in [6.45, 7) is 3.79. The lowest BCUT2D eigenvalue weighted by Crippen LogP contribution is -2.67. The predicted octanol–water partition coefficient (Wildman–Crippen LogP) is 0.408. The van der Waals surface area contributed by atoms with Gasteiger partial charge in [-0.1, -0.05) is 12.1 Å². The van der Waals surface area contributed by atoms with Crippen molar-refractivity contribution in [2.24, 2.45) is 0 Å². The van der Waals surface area contributed by atoms with Crippen LogP contribution in [-0.4, -0.2) is 72.0 Å². The standard InChI is InChI=1S/C21H24N2O12/c1-10(24)31-9-16-18(32-11(2)25)19(33-12(3)26)17(21(35-16)34-13(4)27)22-20(28)14-7-5-6-8-15(14)23(29)30/h5-8,16-19,21H,9H2,1-4H3,(H,22,28)/t16-,17+,18+,19-,21-/m1/s1. The lowest BCUT2D eigenvalue weighted by Gasteiger charge is -2.44. The molecule has 1 N–H and O–H groups in total. The highest BCUT2D eigenvalue weighted by molar-refractivity contribution is 5.98. The SMILES string of the molecule is CC(=O)OC[C@H]1O[C@@H](OC(C)=O)[C@@H](NC(=O)c2ccccc2[N+](=O)[O-])[C@@H](OC(C)=O)[C@H]1OC(C)=O. The van der Waals surface area contributed by atoms with Crippen LogP contribution in [0.4, 0.5) is 5.69 Å². The first-order valence-electron chi connectivity index (χ1n) is 10.3. The Bertz CT molecular complexity index is 1010. The molecule has 1 saturated heterocycles. The van der Waals surface area contributed by atoms with Gasteiger partial charge in [0.15, 0.2) is 12.2 Å². The summed E-state index contributed by atoms with van der Waals surface area (Å²) < 4.78 is 26.3. The van der Waals surface area contributed by atoms with E-state index in [0.29, 0.717) is 0 Å². The Kier molecular flexibility index (Phi) is 9.22. The van der Waals surface area contributed by atoms with Crippen LogP contribution < -0.4 is 5.32 Å². The molecule has 2 rings (SSSR count). The Morgan fingerprint density at radius 2 is 1.49 bits per heavy atom. The van der Waals surface area contributed by atoms with Gasteiger partial charge in [0.05, 0.1) is 4.92 Å². The van der Waals surface area contributed by atoms with Gasteiger partial charge < -0.3 is 29.0 Å². The Morgan fingerprint density at radius 3 is 2.03 bits per heavy atom. The van der Waals surface area contributed by atoms with E-state index in [-0.39, 0.29) is 5.56 Å². The Labute approximate surface area is 198 Å². The molecule has 0 spiro atoms. The maximum absolute atomic E-state index is 13.0. The van der Waals surface area contributed by atoms with Gasteiger partial charge in [0.1, 0.15) is 24.3 Å². The minimum Gasteiger partial charge on any atom is -0.463 e. The van der Waals surface area contributed by atoms with Crippen LogP contribution in [0.25, 0.3) is 0 Å². The van der Waals surface area contributed by atoms with Crippen LogP contribution in [0.1, 0.15) is 38.1 Å². The summed E-state index contributed by atoms with van der Waals surface area (Å²) in [7, 11) is 0. The van der Waals surface area contributed by atoms with Gasteiger partial charge in [-0.3, -0.25) is 34.1 Å². The maximum atomic E-state index is 13.0. The van der Waals surface area contributed by atoms with E-state index in [0.717, 1.165) is 33.8 Å². The molecule has 14 heteroatoms. The van der Waals surface area contributed by atoms with Crippen LogP contribution in [0.5, 0.6) is 0 Å². The fourth-order valence-electron chi connectivity index (χ4n) is 3.37. The summed E-state index contributed by atoms with van der Waals surface area (Å²) in [5, 5.41) is 13.8. The smallest absolute Gasteiger partial charge is 0.305 e. The quantitative estimate of drug-likeness (QED) is 0.226. The number of hydrogen-bond acceptors (Lipinski definition) is 12. The Balaban J connectivity index is 2.51. The third-order valence-electron chi connectivity index (χ3n) is 4.63. The summed E-state index contributed by atoms with van der Waals surface area (Å²) in [5.74, 6) is -4.21. The molecule has 1 aromatic rings. The van der Waals surface area contributed by atoms with E-state index in [9.17, 15) is 34.1 Å². The number of carbonyl (C=O) groups excluding carboxylic acids is 5. The molecule has 1 heterocycles. The molecule has 1 amide bonds. The van der Waals surface area contributed by atoms with Gasteiger partial charge in [-0.25, -0.2) is 0 Å². The lowest BCUT2D eigenvalue weighted by molar-refractivity contribution is -0.385. The second-order valence-corrected chi connectivity index (χ2v) is 7.38. The zero-order chi connectivity index (χ0) is 26.3. The lowest BCUT2D eigenvalue weighted by atomic mass is 9.95. The van der Waals surface area contributed by atoms with Gasteiger partial charge >= 0.3 is 23.9 Å². The normalized spacial score (nSPS) is 23.4. The summed E-state index contributed by atoms with van der Waals surface area (Å²) in [6, 6.07) is 3.57. The molecule has 0 unspecified atom stereocenters. The molecule has 1 aromatic carbocycles. The molecule has 0 saturated carbocycles. The number of nitro groups is 1. The number of para-hydroxylation sites is 1. The van der Waals surface area contributed by atoms with Crippen molar-refractivity contribution in [2.75, 3.05) is 6.61 Å². The molecule has 5 atom stereocenters. The van der Waals surface area contributed by atoms with E-state index in [1.807, 2.05) is 0 Å². The van der Waals surface area contributed by atoms with E-state index in [4.69, 9.17) is 23.7 Å². The van der Waals surface area contributed by atoms with Gasteiger partial charge in [-0.05, 0) is 6.07 Å². The molecule has 1 aliphatic rings. The van der Waals surface area contributed by atoms with Crippen molar-refractivity contribution in [1.82, 2.24) is 5.32 Å². The molecule has 14 nitrogen and oxygen atoms in total. The second kappa shape index (κ2) is 11.9. The molecular weight excluding hydrogens is 472 g/mol. The minimum absolute atomic E-state index is 0.341. The van der Waals surface area contributed by atoms with Crippen molar-refractivity contribution in [2.45, 2.75) is 58.3 Å². The third-order valence-corrected chi connectivity index (χ3v) is 4.63. The molecule has 1 fully saturated rings. The molecule has 0 radical (unpaired) electrons. The number of benzene rings is 1. The molecule has 190 valence electrons. The van der Waals surface area contributed by atoms with E-state index in [1.54, 1.807) is 0 Å². The molecule has 35 heavy (non-hydrogen) atoms. The predicted molar refractivity (Wildman–Crippen MR) is 113 cm³/mol. The van der Waals surface area contributed by atoms with Crippen LogP contribution >= 0.6 is 0 Å². The number of hydrogen-bond donors (Lipinski definition) is 1. The minimum atomic E-state index is -1.61. The highest BCUT2D eigenvalue weighted by atomic mass is 16.7. The van der Waals surface area contributed by atoms with E-state index in [2.05, 4.69) is 5.32 Å². The number of rotatable bonds is 8. The maximum Gasteiger partial charge on any atom is 0.305 e. The molecule has 0 aromatic heterocycles. The first kappa shape index (κ1) is 27.2. The monoisotopic (exact) mass is 496 g/mol. The first-order valence-corrected chi connectivity index (χ1v) is 10.3. The number of carbonyl (C=O) groups is 5. The number of ether oxygens (including phenoxy) is 5. The fraction of sp³-hybridized carbons (Fsp3) is 0.476. The highest BCUT2D eigenvalue weighted by Gasteiger charge is 2.52. The third kappa shape index (κ3) is 7.46. The van der Waals surface area contributed by atoms with Crippen LogP contribution in [-0.2, 0) is 42.9 Å². The number of amides is 1. The topological polar surface area (TPSA) is 187 Å². The summed E-state index contributed by atoms with van der Waals surface area (Å²) in [4.78, 5) is 70.3. The van der Waals surface area contributed by atoms with Crippen LogP contribution in [0.3, 0.4) is 0 Å². The molecule has 0 aliphatic carbocycles. The number of esters is 4. The average Bonchev–Trinajstić information content (AvgIpc) is 2.75. The van der Waals surface area contributed by atoms with Crippen LogP contribution in [0.2, 0.25) is 0 Å². The zero-order valence-corrected chi connectivity index (χ0v) is 19.2. The van der Waals surface area contributed by atoms with Gasteiger partial charge in [0.25, 0.3) is 11.6 Å². The van der Waals surface area contributed by atoms with E-state index in [1.165, 1.54) is 18.2 Å². The van der Waals surface area contributed by atoms with E-state index < -0.39 is 77.6 Å². The Morgan fingerprint density at radius 1 is 0.914 bits per heavy atom. The van der Waals surface area contributed by atoms with Crippen LogP contribution in [0.15, 0.2) is 24.3 Å². The van der Waals surface area contributed by atoms with E-state index >= 15 is 0 Å². The van der Waals surface area contributed by atoms with Gasteiger partial charge in [0.2, 0.25) is 6.29 Å².